The van der Waals surface area contributed by atoms with Crippen LogP contribution in [0.2, 0.25) is 0 Å². The zero-order chi connectivity index (χ0) is 14.4. The molecule has 0 aliphatic heterocycles. The lowest BCUT2D eigenvalue weighted by Crippen LogP contribution is -2.22. The van der Waals surface area contributed by atoms with Gasteiger partial charge >= 0.3 is 0 Å². The van der Waals surface area contributed by atoms with Crippen molar-refractivity contribution in [2.45, 2.75) is 24.3 Å². The second-order valence-corrected chi connectivity index (χ2v) is 7.24. The van der Waals surface area contributed by atoms with Gasteiger partial charge in [0.25, 0.3) is 0 Å². The molecule has 20 heavy (non-hydrogen) atoms. The molecule has 1 aromatic carbocycles. The number of sulfonamides is 1. The van der Waals surface area contributed by atoms with Crippen LogP contribution in [-0.2, 0) is 23.0 Å². The standard InChI is InChI=1S/C14H18N2O2S2/c15-9-1-3-12-5-7-14(8-6-12)20(17,18)16-11-13-4-2-10-19-13/h2,4-8,10,16H,1,3,9,11,15H2. The summed E-state index contributed by atoms with van der Waals surface area (Å²) in [7, 11) is -3.44. The lowest BCUT2D eigenvalue weighted by atomic mass is 10.1. The van der Waals surface area contributed by atoms with Crippen LogP contribution in [0.3, 0.4) is 0 Å². The fourth-order valence-electron chi connectivity index (χ4n) is 1.80. The van der Waals surface area contributed by atoms with Gasteiger partial charge in [-0.3, -0.25) is 0 Å². The second-order valence-electron chi connectivity index (χ2n) is 4.44. The minimum absolute atomic E-state index is 0.297. The van der Waals surface area contributed by atoms with Crippen molar-refractivity contribution in [3.63, 3.8) is 0 Å². The van der Waals surface area contributed by atoms with Crippen LogP contribution in [0.5, 0.6) is 0 Å². The molecule has 0 bridgehead atoms. The highest BCUT2D eigenvalue weighted by Gasteiger charge is 2.13. The fourth-order valence-corrected chi connectivity index (χ4v) is 3.55. The number of nitrogens with two attached hydrogens (primary N) is 1. The highest BCUT2D eigenvalue weighted by molar-refractivity contribution is 7.89. The summed E-state index contributed by atoms with van der Waals surface area (Å²) in [5.74, 6) is 0. The molecule has 0 aliphatic rings. The SMILES string of the molecule is NCCCc1ccc(S(=O)(=O)NCc2cccs2)cc1. The zero-order valence-corrected chi connectivity index (χ0v) is 12.7. The average molecular weight is 310 g/mol. The molecule has 108 valence electrons. The summed E-state index contributed by atoms with van der Waals surface area (Å²) in [6.45, 7) is 0.970. The van der Waals surface area contributed by atoms with E-state index in [4.69, 9.17) is 5.73 Å². The molecule has 1 aromatic heterocycles. The summed E-state index contributed by atoms with van der Waals surface area (Å²) >= 11 is 1.53. The van der Waals surface area contributed by atoms with E-state index in [1.165, 1.54) is 11.3 Å². The molecular weight excluding hydrogens is 292 g/mol. The largest absolute Gasteiger partial charge is 0.330 e. The Morgan fingerprint density at radius 1 is 1.15 bits per heavy atom. The van der Waals surface area contributed by atoms with Crippen LogP contribution in [0.1, 0.15) is 16.9 Å². The van der Waals surface area contributed by atoms with Crippen molar-refractivity contribution < 1.29 is 8.42 Å². The van der Waals surface area contributed by atoms with Gasteiger partial charge in [-0.15, -0.1) is 11.3 Å². The smallest absolute Gasteiger partial charge is 0.240 e. The van der Waals surface area contributed by atoms with Crippen molar-refractivity contribution in [3.05, 3.63) is 52.2 Å². The third-order valence-electron chi connectivity index (χ3n) is 2.92. The summed E-state index contributed by atoms with van der Waals surface area (Å²) in [5.41, 5.74) is 6.56. The maximum Gasteiger partial charge on any atom is 0.240 e. The molecule has 1 heterocycles. The molecule has 2 rings (SSSR count). The van der Waals surface area contributed by atoms with Gasteiger partial charge in [0, 0.05) is 11.4 Å². The summed E-state index contributed by atoms with van der Waals surface area (Å²) < 4.78 is 26.9. The first-order valence-corrected chi connectivity index (χ1v) is 8.79. The number of nitrogens with one attached hydrogen (secondary N) is 1. The first-order chi connectivity index (χ1) is 9.62. The van der Waals surface area contributed by atoms with Gasteiger partial charge in [0.05, 0.1) is 4.90 Å². The maximum absolute atomic E-state index is 12.1. The van der Waals surface area contributed by atoms with E-state index in [-0.39, 0.29) is 0 Å². The third kappa shape index (κ3) is 4.14. The number of thiophene rings is 1. The fraction of sp³-hybridized carbons (Fsp3) is 0.286. The van der Waals surface area contributed by atoms with Gasteiger partial charge in [0.15, 0.2) is 0 Å². The topological polar surface area (TPSA) is 72.2 Å². The molecule has 6 heteroatoms. The van der Waals surface area contributed by atoms with Gasteiger partial charge in [-0.05, 0) is 48.5 Å². The predicted molar refractivity (Wildman–Crippen MR) is 82.2 cm³/mol. The van der Waals surface area contributed by atoms with Crippen LogP contribution in [0.25, 0.3) is 0 Å². The van der Waals surface area contributed by atoms with E-state index in [1.54, 1.807) is 12.1 Å². The number of rotatable bonds is 7. The number of hydrogen-bond donors (Lipinski definition) is 2. The quantitative estimate of drug-likeness (QED) is 0.823. The van der Waals surface area contributed by atoms with Gasteiger partial charge < -0.3 is 5.73 Å². The van der Waals surface area contributed by atoms with Crippen molar-refractivity contribution in [1.29, 1.82) is 0 Å². The first-order valence-electron chi connectivity index (χ1n) is 6.43. The van der Waals surface area contributed by atoms with Crippen molar-refractivity contribution in [3.8, 4) is 0 Å². The Hall–Kier alpha value is -1.21. The van der Waals surface area contributed by atoms with E-state index < -0.39 is 10.0 Å². The maximum atomic E-state index is 12.1. The molecule has 0 saturated heterocycles. The Labute approximate surface area is 123 Å². The molecule has 2 aromatic rings. The van der Waals surface area contributed by atoms with E-state index in [9.17, 15) is 8.42 Å². The number of benzene rings is 1. The van der Waals surface area contributed by atoms with Gasteiger partial charge in [0.2, 0.25) is 10.0 Å². The Bertz CT molecular complexity index is 620. The van der Waals surface area contributed by atoms with Gasteiger partial charge in [-0.25, -0.2) is 13.1 Å². The van der Waals surface area contributed by atoms with Crippen LogP contribution < -0.4 is 10.5 Å². The van der Waals surface area contributed by atoms with Gasteiger partial charge in [-0.2, -0.15) is 0 Å². The van der Waals surface area contributed by atoms with Crippen LogP contribution in [0.15, 0.2) is 46.7 Å². The van der Waals surface area contributed by atoms with Gasteiger partial charge in [-0.1, -0.05) is 18.2 Å². The summed E-state index contributed by atoms with van der Waals surface area (Å²) in [6.07, 6.45) is 1.78. The lowest BCUT2D eigenvalue weighted by molar-refractivity contribution is 0.582. The Kier molecular flexibility index (Phi) is 5.31. The van der Waals surface area contributed by atoms with Crippen LogP contribution in [-0.4, -0.2) is 15.0 Å². The summed E-state index contributed by atoms with van der Waals surface area (Å²) in [6, 6.07) is 10.8. The van der Waals surface area contributed by atoms with Crippen molar-refractivity contribution >= 4 is 21.4 Å². The van der Waals surface area contributed by atoms with E-state index in [2.05, 4.69) is 4.72 Å². The third-order valence-corrected chi connectivity index (χ3v) is 5.21. The van der Waals surface area contributed by atoms with E-state index >= 15 is 0 Å². The lowest BCUT2D eigenvalue weighted by Gasteiger charge is -2.07. The normalized spacial score (nSPS) is 11.7. The van der Waals surface area contributed by atoms with Crippen LogP contribution in [0.4, 0.5) is 0 Å². The van der Waals surface area contributed by atoms with Gasteiger partial charge in [0.1, 0.15) is 0 Å². The monoisotopic (exact) mass is 310 g/mol. The highest BCUT2D eigenvalue weighted by Crippen LogP contribution is 2.14. The molecular formula is C14H18N2O2S2. The molecule has 0 atom stereocenters. The molecule has 0 unspecified atom stereocenters. The molecule has 3 N–H and O–H groups in total. The first kappa shape index (κ1) is 15.2. The second kappa shape index (κ2) is 6.99. The minimum Gasteiger partial charge on any atom is -0.330 e. The molecule has 4 nitrogen and oxygen atoms in total. The van der Waals surface area contributed by atoms with Crippen molar-refractivity contribution in [2.75, 3.05) is 6.54 Å². The van der Waals surface area contributed by atoms with E-state index in [0.29, 0.717) is 18.0 Å². The Morgan fingerprint density at radius 3 is 2.50 bits per heavy atom. The summed E-state index contributed by atoms with van der Waals surface area (Å²) in [5, 5.41) is 1.93. The molecule has 0 amide bonds. The average Bonchev–Trinajstić information content (AvgIpc) is 2.97. The highest BCUT2D eigenvalue weighted by atomic mass is 32.2. The van der Waals surface area contributed by atoms with Crippen molar-refractivity contribution in [2.24, 2.45) is 5.73 Å². The van der Waals surface area contributed by atoms with E-state index in [0.717, 1.165) is 23.3 Å². The number of hydrogen-bond acceptors (Lipinski definition) is 4. The predicted octanol–water partition coefficient (Wildman–Crippen LogP) is 2.12. The van der Waals surface area contributed by atoms with Crippen molar-refractivity contribution in [1.82, 2.24) is 4.72 Å². The van der Waals surface area contributed by atoms with E-state index in [1.807, 2.05) is 29.6 Å². The molecule has 0 aliphatic carbocycles. The Balaban J connectivity index is 2.01. The number of aryl methyl sites for hydroxylation is 1. The summed E-state index contributed by atoms with van der Waals surface area (Å²) in [4.78, 5) is 1.29. The zero-order valence-electron chi connectivity index (χ0n) is 11.1. The van der Waals surface area contributed by atoms with Crippen LogP contribution in [0, 0.1) is 0 Å². The molecule has 0 saturated carbocycles. The van der Waals surface area contributed by atoms with Crippen LogP contribution >= 0.6 is 11.3 Å². The molecule has 0 fully saturated rings. The Morgan fingerprint density at radius 2 is 1.90 bits per heavy atom. The minimum atomic E-state index is -3.44. The molecule has 0 spiro atoms. The molecule has 0 radical (unpaired) electrons.